The standard InChI is InChI=1S/C25H33FN4O4/c1-16-12-30(17(2)15-31)25(33)20-10-18(19-8-6-7-9-21(19)26)11-27-24(20)34-22(16)13-29(5)23(32)14-28(3)4/h6-11,16-17,22,31H,12-15H2,1-5H3/t16-,17-,22+/m0/s1. The summed E-state index contributed by atoms with van der Waals surface area (Å²) >= 11 is 0. The maximum absolute atomic E-state index is 14.4. The number of hydrogen-bond donors (Lipinski definition) is 1. The number of rotatable bonds is 7. The zero-order chi connectivity index (χ0) is 25.0. The van der Waals surface area contributed by atoms with E-state index in [1.54, 1.807) is 52.9 Å². The number of carbonyl (C=O) groups excluding carboxylic acids is 2. The summed E-state index contributed by atoms with van der Waals surface area (Å²) in [6.07, 6.45) is 1.04. The Morgan fingerprint density at radius 1 is 1.29 bits per heavy atom. The predicted molar refractivity (Wildman–Crippen MR) is 127 cm³/mol. The van der Waals surface area contributed by atoms with Crippen LogP contribution >= 0.6 is 0 Å². The molecule has 0 fully saturated rings. The van der Waals surface area contributed by atoms with Crippen molar-refractivity contribution in [2.45, 2.75) is 26.0 Å². The quantitative estimate of drug-likeness (QED) is 0.665. The summed E-state index contributed by atoms with van der Waals surface area (Å²) < 4.78 is 20.6. The molecule has 0 saturated carbocycles. The number of pyridine rings is 1. The van der Waals surface area contributed by atoms with Crippen molar-refractivity contribution >= 4 is 11.8 Å². The van der Waals surface area contributed by atoms with Crippen LogP contribution in [0, 0.1) is 11.7 Å². The first kappa shape index (κ1) is 25.6. The Hall–Kier alpha value is -3.04. The highest BCUT2D eigenvalue weighted by Crippen LogP contribution is 2.31. The van der Waals surface area contributed by atoms with Crippen LogP contribution in [0.3, 0.4) is 0 Å². The first-order valence-corrected chi connectivity index (χ1v) is 11.3. The Kier molecular flexibility index (Phi) is 8.22. The molecule has 1 aliphatic heterocycles. The van der Waals surface area contributed by atoms with Gasteiger partial charge in [0.25, 0.3) is 5.91 Å². The summed E-state index contributed by atoms with van der Waals surface area (Å²) in [6, 6.07) is 7.42. The number of ether oxygens (including phenoxy) is 1. The van der Waals surface area contributed by atoms with Gasteiger partial charge in [0, 0.05) is 36.8 Å². The van der Waals surface area contributed by atoms with Gasteiger partial charge in [-0.05, 0) is 33.2 Å². The molecule has 3 rings (SSSR count). The number of fused-ring (bicyclic) bond motifs is 1. The third-order valence-electron chi connectivity index (χ3n) is 6.04. The molecule has 1 aliphatic rings. The normalized spacial score (nSPS) is 19.2. The summed E-state index contributed by atoms with van der Waals surface area (Å²) in [5, 5.41) is 9.79. The van der Waals surface area contributed by atoms with E-state index in [0.29, 0.717) is 24.2 Å². The van der Waals surface area contributed by atoms with Crippen molar-refractivity contribution in [2.75, 3.05) is 47.4 Å². The third kappa shape index (κ3) is 5.71. The first-order chi connectivity index (χ1) is 16.1. The van der Waals surface area contributed by atoms with Crippen molar-refractivity contribution < 1.29 is 23.8 Å². The fourth-order valence-electron chi connectivity index (χ4n) is 3.93. The van der Waals surface area contributed by atoms with Gasteiger partial charge in [0.2, 0.25) is 11.8 Å². The molecule has 0 saturated heterocycles. The van der Waals surface area contributed by atoms with Crippen LogP contribution < -0.4 is 4.74 Å². The highest BCUT2D eigenvalue weighted by Gasteiger charge is 2.35. The fourth-order valence-corrected chi connectivity index (χ4v) is 3.93. The Morgan fingerprint density at radius 3 is 2.65 bits per heavy atom. The lowest BCUT2D eigenvalue weighted by molar-refractivity contribution is -0.132. The van der Waals surface area contributed by atoms with Gasteiger partial charge in [-0.2, -0.15) is 0 Å². The molecule has 0 bridgehead atoms. The smallest absolute Gasteiger partial charge is 0.259 e. The van der Waals surface area contributed by atoms with Gasteiger partial charge >= 0.3 is 0 Å². The van der Waals surface area contributed by atoms with Crippen LogP contribution in [0.2, 0.25) is 0 Å². The molecule has 0 unspecified atom stereocenters. The van der Waals surface area contributed by atoms with Crippen molar-refractivity contribution in [3.63, 3.8) is 0 Å². The van der Waals surface area contributed by atoms with Crippen molar-refractivity contribution in [1.82, 2.24) is 19.7 Å². The first-order valence-electron chi connectivity index (χ1n) is 11.3. The summed E-state index contributed by atoms with van der Waals surface area (Å²) in [6.45, 7) is 4.40. The number of halogens is 1. The number of aliphatic hydroxyl groups is 1. The van der Waals surface area contributed by atoms with Crippen molar-refractivity contribution in [3.05, 3.63) is 47.9 Å². The van der Waals surface area contributed by atoms with Gasteiger partial charge in [0.1, 0.15) is 17.5 Å². The minimum absolute atomic E-state index is 0.0531. The number of aromatic nitrogens is 1. The van der Waals surface area contributed by atoms with Crippen LogP contribution in [0.25, 0.3) is 11.1 Å². The molecule has 2 heterocycles. The zero-order valence-corrected chi connectivity index (χ0v) is 20.4. The molecule has 8 nitrogen and oxygen atoms in total. The lowest BCUT2D eigenvalue weighted by atomic mass is 9.99. The Labute approximate surface area is 199 Å². The number of aliphatic hydroxyl groups excluding tert-OH is 1. The van der Waals surface area contributed by atoms with Crippen LogP contribution in [0.15, 0.2) is 36.5 Å². The van der Waals surface area contributed by atoms with E-state index in [9.17, 15) is 19.1 Å². The molecule has 0 radical (unpaired) electrons. The van der Waals surface area contributed by atoms with E-state index in [-0.39, 0.29) is 42.3 Å². The van der Waals surface area contributed by atoms with Gasteiger partial charge in [0.05, 0.1) is 25.7 Å². The molecule has 1 aromatic carbocycles. The van der Waals surface area contributed by atoms with E-state index in [1.165, 1.54) is 12.3 Å². The number of nitrogens with zero attached hydrogens (tertiary/aromatic N) is 4. The van der Waals surface area contributed by atoms with E-state index in [0.717, 1.165) is 0 Å². The van der Waals surface area contributed by atoms with E-state index in [2.05, 4.69) is 4.98 Å². The lowest BCUT2D eigenvalue weighted by Gasteiger charge is -2.37. The molecular weight excluding hydrogens is 439 g/mol. The van der Waals surface area contributed by atoms with Gasteiger partial charge in [-0.25, -0.2) is 9.37 Å². The van der Waals surface area contributed by atoms with Crippen LogP contribution in [0.5, 0.6) is 5.88 Å². The second-order valence-corrected chi connectivity index (χ2v) is 9.19. The highest BCUT2D eigenvalue weighted by atomic mass is 19.1. The molecule has 1 N–H and O–H groups in total. The largest absolute Gasteiger partial charge is 0.472 e. The number of likely N-dealkylation sites (N-methyl/N-ethyl adjacent to an activating group) is 2. The second kappa shape index (κ2) is 10.9. The van der Waals surface area contributed by atoms with E-state index < -0.39 is 18.0 Å². The van der Waals surface area contributed by atoms with Gasteiger partial charge in [-0.15, -0.1) is 0 Å². The molecule has 9 heteroatoms. The maximum atomic E-state index is 14.4. The number of hydrogen-bond acceptors (Lipinski definition) is 6. The molecule has 0 aliphatic carbocycles. The zero-order valence-electron chi connectivity index (χ0n) is 20.4. The molecule has 2 aromatic rings. The van der Waals surface area contributed by atoms with Gasteiger partial charge < -0.3 is 24.5 Å². The van der Waals surface area contributed by atoms with Crippen LogP contribution in [-0.4, -0.2) is 96.1 Å². The molecule has 184 valence electrons. The summed E-state index contributed by atoms with van der Waals surface area (Å²) in [7, 11) is 5.37. The molecule has 2 amide bonds. The molecule has 34 heavy (non-hydrogen) atoms. The van der Waals surface area contributed by atoms with Crippen molar-refractivity contribution in [3.8, 4) is 17.0 Å². The average molecular weight is 473 g/mol. The van der Waals surface area contributed by atoms with Gasteiger partial charge in [-0.1, -0.05) is 25.1 Å². The van der Waals surface area contributed by atoms with Crippen LogP contribution in [0.4, 0.5) is 4.39 Å². The topological polar surface area (TPSA) is 86.2 Å². The van der Waals surface area contributed by atoms with Crippen molar-refractivity contribution in [1.29, 1.82) is 0 Å². The summed E-state index contributed by atoms with van der Waals surface area (Å²) in [5.41, 5.74) is 0.974. The number of benzene rings is 1. The summed E-state index contributed by atoms with van der Waals surface area (Å²) in [4.78, 5) is 35.4. The molecule has 1 aromatic heterocycles. The Balaban J connectivity index is 2.00. The molecule has 3 atom stereocenters. The van der Waals surface area contributed by atoms with Crippen LogP contribution in [-0.2, 0) is 4.79 Å². The Morgan fingerprint density at radius 2 is 2.00 bits per heavy atom. The predicted octanol–water partition coefficient (Wildman–Crippen LogP) is 2.13. The molecular formula is C25H33FN4O4. The second-order valence-electron chi connectivity index (χ2n) is 9.19. The van der Waals surface area contributed by atoms with Gasteiger partial charge in [-0.3, -0.25) is 9.59 Å². The van der Waals surface area contributed by atoms with Gasteiger partial charge in [0.15, 0.2) is 0 Å². The van der Waals surface area contributed by atoms with E-state index in [1.807, 2.05) is 21.0 Å². The number of carbonyl (C=O) groups is 2. The lowest BCUT2D eigenvalue weighted by Crippen LogP contribution is -2.51. The fraction of sp³-hybridized carbons (Fsp3) is 0.480. The number of amides is 2. The maximum Gasteiger partial charge on any atom is 0.259 e. The van der Waals surface area contributed by atoms with Crippen LogP contribution in [0.1, 0.15) is 24.2 Å². The Bertz CT molecular complexity index is 1030. The monoisotopic (exact) mass is 472 g/mol. The minimum Gasteiger partial charge on any atom is -0.472 e. The SMILES string of the molecule is C[C@H]1CN([C@@H](C)CO)C(=O)c2cc(-c3ccccc3F)cnc2O[C@@H]1CN(C)C(=O)CN(C)C. The molecule has 0 spiro atoms. The van der Waals surface area contributed by atoms with Crippen molar-refractivity contribution in [2.24, 2.45) is 5.92 Å². The third-order valence-corrected chi connectivity index (χ3v) is 6.04. The highest BCUT2D eigenvalue weighted by molar-refractivity contribution is 5.98. The van der Waals surface area contributed by atoms with E-state index in [4.69, 9.17) is 4.74 Å². The summed E-state index contributed by atoms with van der Waals surface area (Å²) in [5.74, 6) is -0.831. The van der Waals surface area contributed by atoms with E-state index >= 15 is 0 Å². The minimum atomic E-state index is -0.442. The average Bonchev–Trinajstić information content (AvgIpc) is 2.80.